The Hall–Kier alpha value is -5.53. The molecule has 9 rings (SSSR count). The summed E-state index contributed by atoms with van der Waals surface area (Å²) >= 11 is 0. The number of rotatable bonds is 13. The van der Waals surface area contributed by atoms with Crippen molar-refractivity contribution in [3.05, 3.63) is 70.2 Å². The zero-order chi connectivity index (χ0) is 42.9. The van der Waals surface area contributed by atoms with Crippen molar-refractivity contribution < 1.29 is 32.6 Å². The van der Waals surface area contributed by atoms with E-state index in [0.717, 1.165) is 82.1 Å². The smallest absolute Gasteiger partial charge is 0.329 e. The standard InChI is InChI=1S/C43H53F2N11O6/c1-51-38-28(4-2-6-33(38)56(43(51)60)34-11-12-36(57)49-42(34)59)5-3-21-62-30-13-16-52(17-14-30)25-27-7-9-29(10-8-27)55-26-32(37(50-55)39(44)45)47-41(58)31-24-46-54-18-15-35(48-40(31)54)53-19-22-61-23-20-53/h2,4,6,15,18,24,26-27,29-30,34,39H,3,5,7-14,16-17,19-23,25H2,1H3,(H,47,58)(H,49,57,59)/t27-,29-,34?. The number of hydrogen-bond donors (Lipinski definition) is 2. The summed E-state index contributed by atoms with van der Waals surface area (Å²) in [6, 6.07) is 6.86. The van der Waals surface area contributed by atoms with Gasteiger partial charge in [0.15, 0.2) is 11.3 Å². The molecule has 4 fully saturated rings. The molecule has 1 unspecified atom stereocenters. The Bertz CT molecular complexity index is 2490. The fourth-order valence-corrected chi connectivity index (χ4v) is 9.71. The number of ether oxygens (including phenoxy) is 2. The molecular weight excluding hydrogens is 805 g/mol. The number of hydrogen-bond acceptors (Lipinski definition) is 11. The first kappa shape index (κ1) is 41.8. The lowest BCUT2D eigenvalue weighted by molar-refractivity contribution is -0.135. The average Bonchev–Trinajstić information content (AvgIpc) is 3.98. The third-order valence-corrected chi connectivity index (χ3v) is 13.0. The molecule has 4 aliphatic rings. The van der Waals surface area contributed by atoms with Crippen LogP contribution in [-0.4, -0.2) is 115 Å². The maximum Gasteiger partial charge on any atom is 0.329 e. The van der Waals surface area contributed by atoms with Crippen LogP contribution in [0.1, 0.15) is 97.9 Å². The Morgan fingerprint density at radius 2 is 1.81 bits per heavy atom. The summed E-state index contributed by atoms with van der Waals surface area (Å²) in [6.45, 7) is 6.03. The molecule has 62 heavy (non-hydrogen) atoms. The first-order valence-corrected chi connectivity index (χ1v) is 21.8. The monoisotopic (exact) mass is 857 g/mol. The molecule has 0 bridgehead atoms. The number of morpholine rings is 1. The maximum atomic E-state index is 14.3. The zero-order valence-corrected chi connectivity index (χ0v) is 34.9. The summed E-state index contributed by atoms with van der Waals surface area (Å²) in [5.41, 5.74) is 2.32. The normalized spacial score (nSPS) is 21.9. The number of carbonyl (C=O) groups is 3. The van der Waals surface area contributed by atoms with Gasteiger partial charge < -0.3 is 24.6 Å². The molecule has 4 aromatic heterocycles. The van der Waals surface area contributed by atoms with E-state index in [-0.39, 0.29) is 41.4 Å². The van der Waals surface area contributed by atoms with E-state index in [0.29, 0.717) is 62.2 Å². The molecule has 0 radical (unpaired) electrons. The van der Waals surface area contributed by atoms with Gasteiger partial charge in [0, 0.05) is 65.2 Å². The van der Waals surface area contributed by atoms with Crippen molar-refractivity contribution in [3.63, 3.8) is 0 Å². The fourth-order valence-electron chi connectivity index (χ4n) is 9.71. The van der Waals surface area contributed by atoms with Crippen molar-refractivity contribution in [1.29, 1.82) is 0 Å². The van der Waals surface area contributed by atoms with E-state index in [9.17, 15) is 28.0 Å². The van der Waals surface area contributed by atoms with Gasteiger partial charge >= 0.3 is 5.69 Å². The van der Waals surface area contributed by atoms with Gasteiger partial charge in [-0.05, 0) is 81.4 Å². The second-order valence-electron chi connectivity index (χ2n) is 17.0. The van der Waals surface area contributed by atoms with Crippen LogP contribution < -0.4 is 21.2 Å². The molecule has 1 saturated carbocycles. The van der Waals surface area contributed by atoms with E-state index in [2.05, 4.69) is 35.6 Å². The van der Waals surface area contributed by atoms with Gasteiger partial charge in [0.2, 0.25) is 11.8 Å². The highest BCUT2D eigenvalue weighted by atomic mass is 19.3. The number of para-hydroxylation sites is 1. The van der Waals surface area contributed by atoms with E-state index in [1.165, 1.54) is 21.5 Å². The molecule has 19 heteroatoms. The number of amides is 3. The first-order chi connectivity index (χ1) is 30.1. The summed E-state index contributed by atoms with van der Waals surface area (Å²) in [4.78, 5) is 60.3. The number of halogens is 2. The third-order valence-electron chi connectivity index (χ3n) is 13.0. The highest BCUT2D eigenvalue weighted by Gasteiger charge is 2.33. The highest BCUT2D eigenvalue weighted by Crippen LogP contribution is 2.36. The summed E-state index contributed by atoms with van der Waals surface area (Å²) in [5, 5.41) is 13.6. The first-order valence-electron chi connectivity index (χ1n) is 21.8. The molecule has 1 aliphatic carbocycles. The molecule has 2 N–H and O–H groups in total. The van der Waals surface area contributed by atoms with Crippen LogP contribution in [-0.2, 0) is 32.5 Å². The Balaban J connectivity index is 0.729. The minimum atomic E-state index is -2.86. The fraction of sp³-hybridized carbons (Fsp3) is 0.558. The number of benzene rings is 1. The number of nitrogens with zero attached hydrogens (tertiary/aromatic N) is 9. The van der Waals surface area contributed by atoms with E-state index in [1.54, 1.807) is 22.5 Å². The summed E-state index contributed by atoms with van der Waals surface area (Å²) in [6.07, 6.45) is 9.46. The maximum absolute atomic E-state index is 14.3. The number of anilines is 2. The van der Waals surface area contributed by atoms with Crippen molar-refractivity contribution in [1.82, 2.24) is 43.7 Å². The molecule has 330 valence electrons. The molecule has 3 saturated heterocycles. The van der Waals surface area contributed by atoms with Gasteiger partial charge in [0.05, 0.1) is 48.3 Å². The summed E-state index contributed by atoms with van der Waals surface area (Å²) in [7, 11) is 1.72. The van der Waals surface area contributed by atoms with Crippen LogP contribution >= 0.6 is 0 Å². The average molecular weight is 858 g/mol. The van der Waals surface area contributed by atoms with Crippen molar-refractivity contribution >= 4 is 45.9 Å². The predicted octanol–water partition coefficient (Wildman–Crippen LogP) is 4.43. The lowest BCUT2D eigenvalue weighted by Gasteiger charge is -2.36. The van der Waals surface area contributed by atoms with E-state index in [1.807, 2.05) is 24.3 Å². The van der Waals surface area contributed by atoms with E-state index in [4.69, 9.17) is 9.47 Å². The van der Waals surface area contributed by atoms with Crippen molar-refractivity contribution in [2.45, 2.75) is 88.8 Å². The molecule has 1 atom stereocenters. The lowest BCUT2D eigenvalue weighted by atomic mass is 9.85. The number of nitrogens with one attached hydrogen (secondary N) is 2. The highest BCUT2D eigenvalue weighted by molar-refractivity contribution is 6.08. The quantitative estimate of drug-likeness (QED) is 0.127. The van der Waals surface area contributed by atoms with Crippen LogP contribution in [0.15, 0.2) is 47.7 Å². The van der Waals surface area contributed by atoms with E-state index >= 15 is 0 Å². The Morgan fingerprint density at radius 1 is 1.02 bits per heavy atom. The number of likely N-dealkylation sites (tertiary alicyclic amines) is 1. The number of piperidine rings is 2. The largest absolute Gasteiger partial charge is 0.378 e. The van der Waals surface area contributed by atoms with Gasteiger partial charge in [-0.25, -0.2) is 23.1 Å². The Labute approximate surface area is 356 Å². The Morgan fingerprint density at radius 3 is 2.56 bits per heavy atom. The van der Waals surface area contributed by atoms with Crippen molar-refractivity contribution in [3.8, 4) is 0 Å². The Kier molecular flexibility index (Phi) is 12.2. The molecule has 7 heterocycles. The number of fused-ring (bicyclic) bond motifs is 2. The zero-order valence-electron chi connectivity index (χ0n) is 34.9. The third kappa shape index (κ3) is 8.61. The van der Waals surface area contributed by atoms with E-state index < -0.39 is 30.0 Å². The second kappa shape index (κ2) is 18.1. The van der Waals surface area contributed by atoms with Gasteiger partial charge in [0.1, 0.15) is 17.4 Å². The number of carbonyl (C=O) groups excluding carboxylic acids is 3. The molecule has 17 nitrogen and oxygen atoms in total. The number of imidazole rings is 1. The SMILES string of the molecule is Cn1c(=O)n(C2CCC(=O)NC2=O)c2cccc(CCCOC3CCN(C[C@H]4CC[C@H](n5cc(NC(=O)c6cnn7ccc(N8CCOCC8)nc67)c(C(F)F)n5)CC4)CC3)c21. The van der Waals surface area contributed by atoms with Crippen molar-refractivity contribution in [2.75, 3.05) is 62.8 Å². The minimum Gasteiger partial charge on any atom is -0.378 e. The lowest BCUT2D eigenvalue weighted by Crippen LogP contribution is -2.44. The molecule has 0 spiro atoms. The van der Waals surface area contributed by atoms with Gasteiger partial charge in [0.25, 0.3) is 12.3 Å². The number of imide groups is 1. The topological polar surface area (TPSA) is 175 Å². The van der Waals surface area contributed by atoms with Crippen LogP contribution in [0.3, 0.4) is 0 Å². The summed E-state index contributed by atoms with van der Waals surface area (Å²) in [5.74, 6) is -0.134. The molecule has 5 aromatic rings. The van der Waals surface area contributed by atoms with Gasteiger partial charge in [-0.3, -0.25) is 33.5 Å². The van der Waals surface area contributed by atoms with Crippen LogP contribution in [0.2, 0.25) is 0 Å². The van der Waals surface area contributed by atoms with Gasteiger partial charge in [-0.2, -0.15) is 10.2 Å². The number of alkyl halides is 2. The van der Waals surface area contributed by atoms with Crippen LogP contribution in [0, 0.1) is 5.92 Å². The number of aryl methyl sites for hydroxylation is 2. The minimum absolute atomic E-state index is 0.00747. The number of aromatic nitrogens is 7. The molecule has 1 aromatic carbocycles. The van der Waals surface area contributed by atoms with Gasteiger partial charge in [-0.1, -0.05) is 12.1 Å². The molecule has 3 amide bonds. The molecule has 3 aliphatic heterocycles. The van der Waals surface area contributed by atoms with Gasteiger partial charge in [-0.15, -0.1) is 0 Å². The van der Waals surface area contributed by atoms with Crippen molar-refractivity contribution in [2.24, 2.45) is 13.0 Å². The van der Waals surface area contributed by atoms with Crippen LogP contribution in [0.4, 0.5) is 20.3 Å². The predicted molar refractivity (Wildman–Crippen MR) is 224 cm³/mol. The molecular formula is C43H53F2N11O6. The van der Waals surface area contributed by atoms with Crippen LogP contribution in [0.25, 0.3) is 16.7 Å². The second-order valence-corrected chi connectivity index (χ2v) is 17.0. The summed E-state index contributed by atoms with van der Waals surface area (Å²) < 4.78 is 46.5. The van der Waals surface area contributed by atoms with Crippen LogP contribution in [0.5, 0.6) is 0 Å².